The average Bonchev–Trinajstić information content (AvgIpc) is 3.19. The molecule has 168 valence electrons. The zero-order chi connectivity index (χ0) is 21.2. The molecule has 5 rings (SSSR count). The molecule has 2 amide bonds. The van der Waals surface area contributed by atoms with Gasteiger partial charge in [0.25, 0.3) is 0 Å². The molecule has 1 aliphatic carbocycles. The highest BCUT2D eigenvalue weighted by molar-refractivity contribution is 5.95. The monoisotopic (exact) mass is 425 g/mol. The summed E-state index contributed by atoms with van der Waals surface area (Å²) in [5.41, 5.74) is 2.21. The summed E-state index contributed by atoms with van der Waals surface area (Å²) < 4.78 is 0. The van der Waals surface area contributed by atoms with E-state index in [0.717, 1.165) is 77.1 Å². The Morgan fingerprint density at radius 2 is 1.48 bits per heavy atom. The minimum absolute atomic E-state index is 0.232. The number of hydrogen-bond acceptors (Lipinski definition) is 5. The average molecular weight is 426 g/mol. The van der Waals surface area contributed by atoms with Gasteiger partial charge in [-0.05, 0) is 43.5 Å². The summed E-state index contributed by atoms with van der Waals surface area (Å²) >= 11 is 0. The van der Waals surface area contributed by atoms with Crippen molar-refractivity contribution in [2.24, 2.45) is 0 Å². The quantitative estimate of drug-likeness (QED) is 0.718. The number of carbonyl (C=O) groups excluding carboxylic acids is 2. The van der Waals surface area contributed by atoms with E-state index < -0.39 is 0 Å². The van der Waals surface area contributed by atoms with Crippen molar-refractivity contribution in [1.82, 2.24) is 14.7 Å². The minimum atomic E-state index is 0.232. The predicted octanol–water partition coefficient (Wildman–Crippen LogP) is 1.63. The van der Waals surface area contributed by atoms with E-state index in [-0.39, 0.29) is 5.91 Å². The lowest BCUT2D eigenvalue weighted by Crippen LogP contribution is -2.56. The van der Waals surface area contributed by atoms with E-state index >= 15 is 0 Å². The Labute approximate surface area is 185 Å². The van der Waals surface area contributed by atoms with Crippen LogP contribution in [0.3, 0.4) is 0 Å². The summed E-state index contributed by atoms with van der Waals surface area (Å²) in [5.74, 6) is 0.525. The molecule has 31 heavy (non-hydrogen) atoms. The fourth-order valence-electron chi connectivity index (χ4n) is 5.31. The van der Waals surface area contributed by atoms with Gasteiger partial charge >= 0.3 is 0 Å². The smallest absolute Gasteiger partial charge is 0.236 e. The molecule has 7 heteroatoms. The first kappa shape index (κ1) is 20.8. The molecule has 0 bridgehead atoms. The van der Waals surface area contributed by atoms with Crippen LogP contribution in [-0.2, 0) is 9.59 Å². The van der Waals surface area contributed by atoms with E-state index in [1.54, 1.807) is 0 Å². The molecule has 0 aromatic heterocycles. The predicted molar refractivity (Wildman–Crippen MR) is 122 cm³/mol. The van der Waals surface area contributed by atoms with Crippen molar-refractivity contribution >= 4 is 23.2 Å². The Kier molecular flexibility index (Phi) is 6.14. The molecule has 4 fully saturated rings. The van der Waals surface area contributed by atoms with E-state index in [4.69, 9.17) is 0 Å². The number of amides is 2. The minimum Gasteiger partial charge on any atom is -0.369 e. The third-order valence-corrected chi connectivity index (χ3v) is 7.59. The van der Waals surface area contributed by atoms with Crippen LogP contribution in [-0.4, -0.2) is 98.0 Å². The Morgan fingerprint density at radius 3 is 2.06 bits per heavy atom. The van der Waals surface area contributed by atoms with Crippen molar-refractivity contribution in [2.45, 2.75) is 38.1 Å². The number of nitrogens with zero attached hydrogens (tertiary/aromatic N) is 5. The van der Waals surface area contributed by atoms with Gasteiger partial charge in [0.2, 0.25) is 11.8 Å². The molecular weight excluding hydrogens is 390 g/mol. The Hall–Kier alpha value is -2.12. The van der Waals surface area contributed by atoms with E-state index in [9.17, 15) is 9.59 Å². The van der Waals surface area contributed by atoms with Gasteiger partial charge < -0.3 is 14.7 Å². The molecule has 1 aromatic rings. The summed E-state index contributed by atoms with van der Waals surface area (Å²) in [5, 5.41) is 0. The molecule has 0 radical (unpaired) electrons. The van der Waals surface area contributed by atoms with Crippen LogP contribution in [0.25, 0.3) is 0 Å². The number of piperazine rings is 2. The molecule has 0 N–H and O–H groups in total. The summed E-state index contributed by atoms with van der Waals surface area (Å²) in [7, 11) is 0. The lowest BCUT2D eigenvalue weighted by Gasteiger charge is -2.43. The van der Waals surface area contributed by atoms with Crippen LogP contribution in [0, 0.1) is 0 Å². The van der Waals surface area contributed by atoms with Crippen molar-refractivity contribution < 1.29 is 9.59 Å². The molecule has 3 saturated heterocycles. The fourth-order valence-corrected chi connectivity index (χ4v) is 5.31. The summed E-state index contributed by atoms with van der Waals surface area (Å²) in [6.07, 6.45) is 5.68. The Bertz CT molecular complexity index is 778. The second-order valence-electron chi connectivity index (χ2n) is 9.43. The van der Waals surface area contributed by atoms with Crippen LogP contribution in [0.15, 0.2) is 24.3 Å². The van der Waals surface area contributed by atoms with Gasteiger partial charge in [0.1, 0.15) is 0 Å². The largest absolute Gasteiger partial charge is 0.369 e. The summed E-state index contributed by atoms with van der Waals surface area (Å²) in [6, 6.07) is 9.18. The second kappa shape index (κ2) is 9.17. The van der Waals surface area contributed by atoms with E-state index in [2.05, 4.69) is 43.9 Å². The third kappa shape index (κ3) is 4.58. The van der Waals surface area contributed by atoms with Crippen molar-refractivity contribution in [1.29, 1.82) is 0 Å². The van der Waals surface area contributed by atoms with Crippen LogP contribution in [0.2, 0.25) is 0 Å². The summed E-state index contributed by atoms with van der Waals surface area (Å²) in [4.78, 5) is 35.9. The zero-order valence-corrected chi connectivity index (χ0v) is 18.5. The van der Waals surface area contributed by atoms with Gasteiger partial charge in [-0.3, -0.25) is 19.4 Å². The Morgan fingerprint density at radius 1 is 0.806 bits per heavy atom. The molecule has 0 spiro atoms. The fraction of sp³-hybridized carbons (Fsp3) is 0.667. The zero-order valence-electron chi connectivity index (χ0n) is 18.5. The maximum atomic E-state index is 12.8. The molecular formula is C24H35N5O2. The summed E-state index contributed by atoms with van der Waals surface area (Å²) in [6.45, 7) is 8.96. The van der Waals surface area contributed by atoms with Crippen LogP contribution in [0.1, 0.15) is 32.1 Å². The first-order chi connectivity index (χ1) is 15.2. The first-order valence-corrected chi connectivity index (χ1v) is 12.1. The topological polar surface area (TPSA) is 50.3 Å². The van der Waals surface area contributed by atoms with E-state index in [0.29, 0.717) is 18.9 Å². The molecule has 0 unspecified atom stereocenters. The maximum absolute atomic E-state index is 12.8. The molecule has 0 atom stereocenters. The molecule has 3 heterocycles. The van der Waals surface area contributed by atoms with Crippen molar-refractivity contribution in [2.75, 3.05) is 75.2 Å². The number of benzene rings is 1. The van der Waals surface area contributed by atoms with E-state index in [1.165, 1.54) is 24.9 Å². The van der Waals surface area contributed by atoms with Gasteiger partial charge in [-0.15, -0.1) is 0 Å². The van der Waals surface area contributed by atoms with Crippen molar-refractivity contribution in [3.05, 3.63) is 24.3 Å². The van der Waals surface area contributed by atoms with Crippen LogP contribution in [0.5, 0.6) is 0 Å². The lowest BCUT2D eigenvalue weighted by molar-refractivity contribution is -0.134. The van der Waals surface area contributed by atoms with Gasteiger partial charge in [0, 0.05) is 82.7 Å². The van der Waals surface area contributed by atoms with Gasteiger partial charge in [0.05, 0.1) is 6.54 Å². The number of anilines is 2. The van der Waals surface area contributed by atoms with Crippen LogP contribution in [0.4, 0.5) is 11.4 Å². The highest BCUT2D eigenvalue weighted by Crippen LogP contribution is 2.26. The lowest BCUT2D eigenvalue weighted by atomic mass is 9.91. The highest BCUT2D eigenvalue weighted by atomic mass is 16.2. The number of rotatable bonds is 5. The number of carbonyl (C=O) groups is 2. The maximum Gasteiger partial charge on any atom is 0.236 e. The molecule has 1 aromatic carbocycles. The second-order valence-corrected chi connectivity index (χ2v) is 9.43. The van der Waals surface area contributed by atoms with Gasteiger partial charge in [0.15, 0.2) is 0 Å². The Balaban J connectivity index is 1.06. The highest BCUT2D eigenvalue weighted by Gasteiger charge is 2.30. The van der Waals surface area contributed by atoms with Gasteiger partial charge in [-0.1, -0.05) is 6.42 Å². The van der Waals surface area contributed by atoms with Crippen molar-refractivity contribution in [3.63, 3.8) is 0 Å². The normalized spacial score (nSPS) is 24.0. The van der Waals surface area contributed by atoms with Crippen molar-refractivity contribution in [3.8, 4) is 0 Å². The van der Waals surface area contributed by atoms with Crippen LogP contribution < -0.4 is 9.80 Å². The molecule has 1 saturated carbocycles. The van der Waals surface area contributed by atoms with Gasteiger partial charge in [-0.2, -0.15) is 0 Å². The standard InChI is InChI=1S/C24H35N5O2/c30-23-5-2-10-29(23)22-8-6-21(7-9-22)26-13-11-25(12-14-26)19-24(31)28-17-15-27(16-18-28)20-3-1-4-20/h6-9,20H,1-5,10-19H2. The van der Waals surface area contributed by atoms with Gasteiger partial charge in [-0.25, -0.2) is 0 Å². The van der Waals surface area contributed by atoms with Crippen LogP contribution >= 0.6 is 0 Å². The van der Waals surface area contributed by atoms with E-state index in [1.807, 2.05) is 4.90 Å². The third-order valence-electron chi connectivity index (χ3n) is 7.59. The molecule has 3 aliphatic heterocycles. The molecule has 7 nitrogen and oxygen atoms in total. The SMILES string of the molecule is O=C(CN1CCN(c2ccc(N3CCCC3=O)cc2)CC1)N1CCN(C2CCC2)CC1. The number of hydrogen-bond donors (Lipinski definition) is 0. The first-order valence-electron chi connectivity index (χ1n) is 12.1. The molecule has 4 aliphatic rings.